The van der Waals surface area contributed by atoms with Crippen molar-refractivity contribution in [2.75, 3.05) is 27.4 Å². The van der Waals surface area contributed by atoms with E-state index in [4.69, 9.17) is 32.7 Å². The molecular weight excluding hydrogens is 728 g/mol. The Morgan fingerprint density at radius 3 is 1.94 bits per heavy atom. The molecule has 0 fully saturated rings. The zero-order chi connectivity index (χ0) is 38.2. The van der Waals surface area contributed by atoms with Gasteiger partial charge in [-0.3, -0.25) is 24.0 Å². The molecular formula is C32H33Cl2F7N2O7. The number of methoxy groups -OCH3 is 2. The lowest BCUT2D eigenvalue weighted by molar-refractivity contribution is -0.167. The topological polar surface area (TPSA) is 128 Å². The third kappa shape index (κ3) is 11.1. The van der Waals surface area contributed by atoms with Gasteiger partial charge in [0.25, 0.3) is 5.91 Å². The summed E-state index contributed by atoms with van der Waals surface area (Å²) < 4.78 is 107. The van der Waals surface area contributed by atoms with Crippen LogP contribution in [0.25, 0.3) is 0 Å². The van der Waals surface area contributed by atoms with Crippen LogP contribution in [0.5, 0.6) is 5.75 Å². The number of hydrogen-bond acceptors (Lipinski definition) is 7. The number of amides is 2. The van der Waals surface area contributed by atoms with Crippen molar-refractivity contribution in [3.8, 4) is 5.75 Å². The number of Topliss-reactive ketones (excluding diaryl/α,β-unsaturated/α-hetero) is 3. The molecule has 0 saturated heterocycles. The lowest BCUT2D eigenvalue weighted by atomic mass is 9.82. The van der Waals surface area contributed by atoms with Crippen LogP contribution in [0.3, 0.4) is 0 Å². The lowest BCUT2D eigenvalue weighted by Gasteiger charge is -2.27. The highest BCUT2D eigenvalue weighted by molar-refractivity contribution is 6.42. The highest BCUT2D eigenvalue weighted by Crippen LogP contribution is 2.36. The van der Waals surface area contributed by atoms with Crippen molar-refractivity contribution in [3.63, 3.8) is 0 Å². The number of hydrogen-bond donors (Lipinski definition) is 2. The molecule has 18 heteroatoms. The van der Waals surface area contributed by atoms with Crippen molar-refractivity contribution in [1.29, 1.82) is 0 Å². The van der Waals surface area contributed by atoms with Crippen molar-refractivity contribution >= 4 is 52.4 Å². The van der Waals surface area contributed by atoms with Crippen LogP contribution in [-0.4, -0.2) is 68.6 Å². The summed E-state index contributed by atoms with van der Waals surface area (Å²) in [6.07, 6.45) is -7.21. The first-order chi connectivity index (χ1) is 23.1. The normalized spacial score (nSPS) is 14.0. The third-order valence-electron chi connectivity index (χ3n) is 7.47. The minimum atomic E-state index is -5.06. The number of alkyl halides is 7. The number of halogens is 9. The number of ether oxygens (including phenoxy) is 2. The summed E-state index contributed by atoms with van der Waals surface area (Å²) in [7, 11) is 2.43. The van der Waals surface area contributed by atoms with E-state index >= 15 is 8.78 Å². The van der Waals surface area contributed by atoms with Crippen LogP contribution in [0.4, 0.5) is 30.7 Å². The fourth-order valence-corrected chi connectivity index (χ4v) is 4.94. The molecule has 2 amide bonds. The SMILES string of the molecule is COC[C@H](CC(=O)C(F)(F)c1ccc(Cl)c(Cl)c1)C(=O)N[C@H](C(=O)C[C@H](C(=O)C(F)(F)C(=O)NCC(F)(F)F)C(C)C)c1ccc(OC)cc1. The zero-order valence-electron chi connectivity index (χ0n) is 26.9. The van der Waals surface area contributed by atoms with Gasteiger partial charge in [-0.25, -0.2) is 0 Å². The van der Waals surface area contributed by atoms with E-state index < -0.39 is 103 Å². The fraction of sp³-hybridized carbons (Fsp3) is 0.469. The molecule has 0 spiro atoms. The lowest BCUT2D eigenvalue weighted by Crippen LogP contribution is -2.51. The third-order valence-corrected chi connectivity index (χ3v) is 8.21. The molecule has 2 aromatic carbocycles. The summed E-state index contributed by atoms with van der Waals surface area (Å²) in [4.78, 5) is 64.7. The van der Waals surface area contributed by atoms with E-state index in [-0.39, 0.29) is 15.6 Å². The molecule has 0 aliphatic carbocycles. The summed E-state index contributed by atoms with van der Waals surface area (Å²) >= 11 is 11.6. The van der Waals surface area contributed by atoms with Gasteiger partial charge in [0.1, 0.15) is 18.3 Å². The van der Waals surface area contributed by atoms with E-state index in [1.54, 1.807) is 0 Å². The van der Waals surface area contributed by atoms with Gasteiger partial charge in [0.15, 0.2) is 5.78 Å². The first-order valence-electron chi connectivity index (χ1n) is 14.7. The molecule has 0 saturated carbocycles. The van der Waals surface area contributed by atoms with Crippen molar-refractivity contribution in [1.82, 2.24) is 10.6 Å². The first-order valence-corrected chi connectivity index (χ1v) is 15.4. The molecule has 0 unspecified atom stereocenters. The monoisotopic (exact) mass is 760 g/mol. The summed E-state index contributed by atoms with van der Waals surface area (Å²) in [5.41, 5.74) is -0.800. The molecule has 0 aliphatic heterocycles. The minimum Gasteiger partial charge on any atom is -0.497 e. The maximum Gasteiger partial charge on any atom is 0.405 e. The largest absolute Gasteiger partial charge is 0.497 e. The van der Waals surface area contributed by atoms with E-state index in [9.17, 15) is 45.9 Å². The summed E-state index contributed by atoms with van der Waals surface area (Å²) in [6.45, 7) is -0.245. The van der Waals surface area contributed by atoms with Crippen LogP contribution in [0.15, 0.2) is 42.5 Å². The standard InChI is InChI=1S/C32H33Cl2F7N2O7/c1-16(2)21(27(46)32(40,41)29(48)42-15-30(35,36)37)13-24(44)26(17-5-8-20(50-4)9-6-17)43-28(47)18(14-49-3)11-25(45)31(38,39)19-7-10-22(33)23(34)12-19/h5-10,12,16,18,21,26H,11,13-15H2,1-4H3,(H,42,48)(H,43,47)/t18-,21-,26-/m0/s1. The van der Waals surface area contributed by atoms with Gasteiger partial charge >= 0.3 is 18.0 Å². The van der Waals surface area contributed by atoms with Gasteiger partial charge < -0.3 is 20.1 Å². The highest BCUT2D eigenvalue weighted by Gasteiger charge is 2.52. The second-order valence-electron chi connectivity index (χ2n) is 11.5. The van der Waals surface area contributed by atoms with Gasteiger partial charge in [-0.05, 0) is 35.7 Å². The Balaban J connectivity index is 2.41. The quantitative estimate of drug-likeness (QED) is 0.135. The Hall–Kier alpha value is -3.76. The molecule has 0 aliphatic rings. The Bertz CT molecular complexity index is 1550. The second-order valence-corrected chi connectivity index (χ2v) is 12.3. The molecule has 0 heterocycles. The van der Waals surface area contributed by atoms with Crippen molar-refractivity contribution in [2.45, 2.75) is 50.8 Å². The van der Waals surface area contributed by atoms with Gasteiger partial charge in [0.2, 0.25) is 17.5 Å². The number of ketones is 3. The summed E-state index contributed by atoms with van der Waals surface area (Å²) in [5, 5.41) is 2.93. The first kappa shape index (κ1) is 42.4. The number of carbonyl (C=O) groups excluding carboxylic acids is 5. The average Bonchev–Trinajstić information content (AvgIpc) is 3.04. The zero-order valence-corrected chi connectivity index (χ0v) is 28.5. The second kappa shape index (κ2) is 17.4. The number of benzene rings is 2. The Morgan fingerprint density at radius 1 is 0.840 bits per heavy atom. The van der Waals surface area contributed by atoms with Gasteiger partial charge in [-0.2, -0.15) is 30.7 Å². The average molecular weight is 762 g/mol. The highest BCUT2D eigenvalue weighted by atomic mass is 35.5. The fourth-order valence-electron chi connectivity index (χ4n) is 4.64. The van der Waals surface area contributed by atoms with Crippen LogP contribution in [0, 0.1) is 17.8 Å². The van der Waals surface area contributed by atoms with Crippen LogP contribution in [0.2, 0.25) is 10.0 Å². The van der Waals surface area contributed by atoms with E-state index in [1.807, 2.05) is 0 Å². The molecule has 9 nitrogen and oxygen atoms in total. The molecule has 3 atom stereocenters. The predicted molar refractivity (Wildman–Crippen MR) is 166 cm³/mol. The van der Waals surface area contributed by atoms with Gasteiger partial charge in [-0.1, -0.05) is 55.2 Å². The van der Waals surface area contributed by atoms with Crippen molar-refractivity contribution in [2.24, 2.45) is 17.8 Å². The van der Waals surface area contributed by atoms with Crippen LogP contribution < -0.4 is 15.4 Å². The molecule has 0 radical (unpaired) electrons. The van der Waals surface area contributed by atoms with Gasteiger partial charge in [0.05, 0.1) is 29.7 Å². The van der Waals surface area contributed by atoms with Crippen LogP contribution >= 0.6 is 23.2 Å². The molecule has 0 bridgehead atoms. The van der Waals surface area contributed by atoms with Crippen molar-refractivity contribution < 1.29 is 64.2 Å². The van der Waals surface area contributed by atoms with Crippen molar-refractivity contribution in [3.05, 3.63) is 63.6 Å². The maximum atomic E-state index is 15.1. The van der Waals surface area contributed by atoms with Crippen LogP contribution in [-0.2, 0) is 34.6 Å². The Kier molecular flexibility index (Phi) is 14.8. The number of rotatable bonds is 18. The predicted octanol–water partition coefficient (Wildman–Crippen LogP) is 6.29. The van der Waals surface area contributed by atoms with Gasteiger partial charge in [-0.15, -0.1) is 0 Å². The van der Waals surface area contributed by atoms with E-state index in [0.29, 0.717) is 5.75 Å². The Morgan fingerprint density at radius 2 is 1.44 bits per heavy atom. The molecule has 0 aromatic heterocycles. The molecule has 50 heavy (non-hydrogen) atoms. The number of carbonyl (C=O) groups is 5. The Labute approximate surface area is 292 Å². The maximum absolute atomic E-state index is 15.1. The molecule has 2 rings (SSSR count). The van der Waals surface area contributed by atoms with Crippen LogP contribution in [0.1, 0.15) is 43.9 Å². The molecule has 2 aromatic rings. The summed E-state index contributed by atoms with van der Waals surface area (Å²) in [5.74, 6) is -22.1. The van der Waals surface area contributed by atoms with E-state index in [0.717, 1.165) is 30.6 Å². The minimum absolute atomic E-state index is 0.0115. The molecule has 2 N–H and O–H groups in total. The molecule has 276 valence electrons. The number of nitrogens with one attached hydrogen (secondary N) is 2. The van der Waals surface area contributed by atoms with E-state index in [1.165, 1.54) is 45.2 Å². The van der Waals surface area contributed by atoms with E-state index in [2.05, 4.69) is 5.32 Å². The summed E-state index contributed by atoms with van der Waals surface area (Å²) in [6, 6.07) is 6.27. The smallest absolute Gasteiger partial charge is 0.405 e. The van der Waals surface area contributed by atoms with Gasteiger partial charge in [0, 0.05) is 31.4 Å².